The third kappa shape index (κ3) is 3.64. The zero-order chi connectivity index (χ0) is 13.8. The van der Waals surface area contributed by atoms with E-state index >= 15 is 0 Å². The van der Waals surface area contributed by atoms with Crippen LogP contribution < -0.4 is 10.5 Å². The average Bonchev–Trinajstić information content (AvgIpc) is 2.45. The highest BCUT2D eigenvalue weighted by atomic mass is 35.5. The maximum atomic E-state index is 12.2. The highest BCUT2D eigenvalue weighted by Crippen LogP contribution is 2.24. The lowest BCUT2D eigenvalue weighted by molar-refractivity contribution is -0.133. The van der Waals surface area contributed by atoms with Crippen molar-refractivity contribution in [3.05, 3.63) is 29.3 Å². The van der Waals surface area contributed by atoms with Crippen LogP contribution in [0.2, 0.25) is 0 Å². The molecule has 0 saturated carbocycles. The summed E-state index contributed by atoms with van der Waals surface area (Å²) in [5.41, 5.74) is 8.39. The molecule has 2 N–H and O–H groups in total. The number of halogens is 1. The molecule has 1 unspecified atom stereocenters. The molecule has 0 bridgehead atoms. The second kappa shape index (κ2) is 7.50. The summed E-state index contributed by atoms with van der Waals surface area (Å²) < 4.78 is 5.23. The Morgan fingerprint density at radius 1 is 1.45 bits per heavy atom. The van der Waals surface area contributed by atoms with E-state index in [2.05, 4.69) is 6.07 Å². The molecule has 1 aromatic rings. The molecule has 1 atom stereocenters. The molecule has 20 heavy (non-hydrogen) atoms. The number of amides is 1. The molecular weight excluding hydrogens is 276 g/mol. The van der Waals surface area contributed by atoms with Crippen molar-refractivity contribution in [1.29, 1.82) is 0 Å². The fourth-order valence-corrected chi connectivity index (χ4v) is 2.52. The number of nitrogens with two attached hydrogens (primary N) is 1. The summed E-state index contributed by atoms with van der Waals surface area (Å²) in [6, 6.07) is 5.71. The lowest BCUT2D eigenvalue weighted by Crippen LogP contribution is -2.45. The highest BCUT2D eigenvalue weighted by Gasteiger charge is 2.24. The summed E-state index contributed by atoms with van der Waals surface area (Å²) in [4.78, 5) is 14.1. The van der Waals surface area contributed by atoms with E-state index in [0.717, 1.165) is 31.6 Å². The standard InChI is InChI=1S/C15H22N2O2.ClH/c1-3-4-14(16)15(18)17-8-7-11-5-6-13(19-2)9-12(11)10-17;/h5-6,9,14H,3-4,7-8,10,16H2,1-2H3;1H. The van der Waals surface area contributed by atoms with Gasteiger partial charge in [0.1, 0.15) is 5.75 Å². The maximum Gasteiger partial charge on any atom is 0.239 e. The molecular formula is C15H23ClN2O2. The molecule has 0 saturated heterocycles. The Morgan fingerprint density at radius 2 is 2.20 bits per heavy atom. The van der Waals surface area contributed by atoms with Gasteiger partial charge in [-0.15, -0.1) is 12.4 Å². The first-order chi connectivity index (χ1) is 9.15. The van der Waals surface area contributed by atoms with E-state index in [4.69, 9.17) is 10.5 Å². The number of ether oxygens (including phenoxy) is 1. The summed E-state index contributed by atoms with van der Waals surface area (Å²) in [7, 11) is 1.66. The Labute approximate surface area is 126 Å². The van der Waals surface area contributed by atoms with E-state index in [1.54, 1.807) is 7.11 Å². The molecule has 0 spiro atoms. The van der Waals surface area contributed by atoms with Crippen molar-refractivity contribution in [2.24, 2.45) is 5.73 Å². The Balaban J connectivity index is 0.00000200. The van der Waals surface area contributed by atoms with Gasteiger partial charge in [-0.05, 0) is 36.1 Å². The van der Waals surface area contributed by atoms with Gasteiger partial charge >= 0.3 is 0 Å². The minimum absolute atomic E-state index is 0. The number of methoxy groups -OCH3 is 1. The molecule has 0 aliphatic carbocycles. The molecule has 0 radical (unpaired) electrons. The quantitative estimate of drug-likeness (QED) is 0.926. The fraction of sp³-hybridized carbons (Fsp3) is 0.533. The average molecular weight is 299 g/mol. The maximum absolute atomic E-state index is 12.2. The van der Waals surface area contributed by atoms with Gasteiger partial charge in [-0.2, -0.15) is 0 Å². The van der Waals surface area contributed by atoms with Gasteiger partial charge < -0.3 is 15.4 Å². The van der Waals surface area contributed by atoms with Crippen molar-refractivity contribution in [2.75, 3.05) is 13.7 Å². The molecule has 4 nitrogen and oxygen atoms in total. The van der Waals surface area contributed by atoms with Crippen LogP contribution in [-0.2, 0) is 17.8 Å². The Bertz CT molecular complexity index is 465. The first kappa shape index (κ1) is 16.8. The van der Waals surface area contributed by atoms with Crippen LogP contribution in [0.15, 0.2) is 18.2 Å². The molecule has 1 aliphatic rings. The first-order valence-corrected chi connectivity index (χ1v) is 6.86. The number of hydrogen-bond acceptors (Lipinski definition) is 3. The molecule has 0 fully saturated rings. The second-order valence-electron chi connectivity index (χ2n) is 5.04. The van der Waals surface area contributed by atoms with E-state index in [1.807, 2.05) is 24.0 Å². The minimum atomic E-state index is -0.364. The summed E-state index contributed by atoms with van der Waals surface area (Å²) in [5, 5.41) is 0. The Kier molecular flexibility index (Phi) is 6.30. The minimum Gasteiger partial charge on any atom is -0.497 e. The molecule has 2 rings (SSSR count). The molecule has 1 heterocycles. The van der Waals surface area contributed by atoms with Crippen LogP contribution in [0, 0.1) is 0 Å². The molecule has 5 heteroatoms. The number of carbonyl (C=O) groups excluding carboxylic acids is 1. The second-order valence-corrected chi connectivity index (χ2v) is 5.04. The number of nitrogens with zero attached hydrogens (tertiary/aromatic N) is 1. The summed E-state index contributed by atoms with van der Waals surface area (Å²) in [5.74, 6) is 0.904. The fourth-order valence-electron chi connectivity index (χ4n) is 2.52. The van der Waals surface area contributed by atoms with Crippen LogP contribution in [0.5, 0.6) is 5.75 Å². The molecule has 1 amide bonds. The van der Waals surface area contributed by atoms with E-state index in [0.29, 0.717) is 6.54 Å². The van der Waals surface area contributed by atoms with Crippen molar-refractivity contribution < 1.29 is 9.53 Å². The molecule has 1 aliphatic heterocycles. The van der Waals surface area contributed by atoms with Crippen molar-refractivity contribution in [3.8, 4) is 5.75 Å². The Hall–Kier alpha value is -1.26. The van der Waals surface area contributed by atoms with E-state index in [1.165, 1.54) is 11.1 Å². The third-order valence-electron chi connectivity index (χ3n) is 3.65. The van der Waals surface area contributed by atoms with Gasteiger partial charge in [0.25, 0.3) is 0 Å². The van der Waals surface area contributed by atoms with Crippen LogP contribution in [0.3, 0.4) is 0 Å². The highest BCUT2D eigenvalue weighted by molar-refractivity contribution is 5.85. The van der Waals surface area contributed by atoms with Crippen molar-refractivity contribution in [2.45, 2.75) is 38.8 Å². The van der Waals surface area contributed by atoms with Gasteiger partial charge in [-0.1, -0.05) is 19.4 Å². The van der Waals surface area contributed by atoms with Crippen molar-refractivity contribution in [3.63, 3.8) is 0 Å². The smallest absolute Gasteiger partial charge is 0.239 e. The Morgan fingerprint density at radius 3 is 2.85 bits per heavy atom. The zero-order valence-electron chi connectivity index (χ0n) is 12.1. The van der Waals surface area contributed by atoms with Crippen LogP contribution in [-0.4, -0.2) is 30.5 Å². The van der Waals surface area contributed by atoms with E-state index in [-0.39, 0.29) is 24.4 Å². The predicted octanol–water partition coefficient (Wildman–Crippen LogP) is 2.13. The number of hydrogen-bond donors (Lipinski definition) is 1. The summed E-state index contributed by atoms with van der Waals surface area (Å²) >= 11 is 0. The largest absolute Gasteiger partial charge is 0.497 e. The molecule has 1 aromatic carbocycles. The number of benzene rings is 1. The van der Waals surface area contributed by atoms with Gasteiger partial charge in [0.05, 0.1) is 13.2 Å². The topological polar surface area (TPSA) is 55.6 Å². The van der Waals surface area contributed by atoms with E-state index in [9.17, 15) is 4.79 Å². The number of fused-ring (bicyclic) bond motifs is 1. The zero-order valence-corrected chi connectivity index (χ0v) is 12.9. The van der Waals surface area contributed by atoms with Gasteiger partial charge in [0.15, 0.2) is 0 Å². The summed E-state index contributed by atoms with van der Waals surface area (Å²) in [6.07, 6.45) is 2.58. The van der Waals surface area contributed by atoms with Crippen LogP contribution in [0.25, 0.3) is 0 Å². The van der Waals surface area contributed by atoms with Gasteiger partial charge in [0, 0.05) is 13.1 Å². The van der Waals surface area contributed by atoms with Crippen LogP contribution in [0.4, 0.5) is 0 Å². The van der Waals surface area contributed by atoms with Crippen LogP contribution in [0.1, 0.15) is 30.9 Å². The SMILES string of the molecule is CCCC(N)C(=O)N1CCc2ccc(OC)cc2C1.Cl. The lowest BCUT2D eigenvalue weighted by atomic mass is 9.98. The summed E-state index contributed by atoms with van der Waals surface area (Å²) in [6.45, 7) is 3.45. The predicted molar refractivity (Wildman–Crippen MR) is 82.2 cm³/mol. The van der Waals surface area contributed by atoms with Crippen LogP contribution >= 0.6 is 12.4 Å². The molecule has 112 valence electrons. The van der Waals surface area contributed by atoms with Gasteiger partial charge in [0.2, 0.25) is 5.91 Å². The molecule has 0 aromatic heterocycles. The first-order valence-electron chi connectivity index (χ1n) is 6.86. The normalized spacial score (nSPS) is 15.1. The number of carbonyl (C=O) groups is 1. The monoisotopic (exact) mass is 298 g/mol. The van der Waals surface area contributed by atoms with E-state index < -0.39 is 0 Å². The van der Waals surface area contributed by atoms with Gasteiger partial charge in [-0.25, -0.2) is 0 Å². The lowest BCUT2D eigenvalue weighted by Gasteiger charge is -2.31. The van der Waals surface area contributed by atoms with Crippen molar-refractivity contribution >= 4 is 18.3 Å². The third-order valence-corrected chi connectivity index (χ3v) is 3.65. The van der Waals surface area contributed by atoms with Crippen molar-refractivity contribution in [1.82, 2.24) is 4.90 Å². The number of rotatable bonds is 4. The van der Waals surface area contributed by atoms with Gasteiger partial charge in [-0.3, -0.25) is 4.79 Å².